The standard InChI is InChI=1S/C11H13NO5S2/c1-17-8-2-4-9(5-3-8)19(15,16)12-7-18-6-10(12)11(13)14/h2-5,10H,6-7H2,1H3,(H,13,14)/t10-/m0/s1. The van der Waals surface area contributed by atoms with Crippen LogP contribution in [0.1, 0.15) is 0 Å². The van der Waals surface area contributed by atoms with Crippen molar-refractivity contribution in [1.82, 2.24) is 4.31 Å². The maximum atomic E-state index is 12.4. The summed E-state index contributed by atoms with van der Waals surface area (Å²) in [5.41, 5.74) is 0. The average Bonchev–Trinajstić information content (AvgIpc) is 2.89. The van der Waals surface area contributed by atoms with E-state index in [-0.39, 0.29) is 16.5 Å². The van der Waals surface area contributed by atoms with Crippen molar-refractivity contribution in [2.45, 2.75) is 10.9 Å². The Morgan fingerprint density at radius 1 is 1.42 bits per heavy atom. The van der Waals surface area contributed by atoms with Gasteiger partial charge in [0.15, 0.2) is 0 Å². The first-order valence-electron chi connectivity index (χ1n) is 5.43. The third-order valence-electron chi connectivity index (χ3n) is 2.79. The quantitative estimate of drug-likeness (QED) is 0.887. The molecule has 0 aliphatic carbocycles. The number of hydrogen-bond donors (Lipinski definition) is 1. The van der Waals surface area contributed by atoms with E-state index in [1.54, 1.807) is 0 Å². The summed E-state index contributed by atoms with van der Waals surface area (Å²) in [4.78, 5) is 11.1. The van der Waals surface area contributed by atoms with Crippen LogP contribution < -0.4 is 4.74 Å². The van der Waals surface area contributed by atoms with Crippen molar-refractivity contribution in [3.05, 3.63) is 24.3 Å². The molecule has 1 fully saturated rings. The number of ether oxygens (including phenoxy) is 1. The molecule has 0 radical (unpaired) electrons. The highest BCUT2D eigenvalue weighted by atomic mass is 32.2. The van der Waals surface area contributed by atoms with Gasteiger partial charge in [-0.25, -0.2) is 8.42 Å². The number of carboxylic acid groups (broad SMARTS) is 1. The number of methoxy groups -OCH3 is 1. The third kappa shape index (κ3) is 2.70. The zero-order valence-electron chi connectivity index (χ0n) is 10.1. The number of rotatable bonds is 4. The maximum Gasteiger partial charge on any atom is 0.322 e. The summed E-state index contributed by atoms with van der Waals surface area (Å²) < 4.78 is 30.7. The summed E-state index contributed by atoms with van der Waals surface area (Å²) in [6, 6.07) is 4.89. The van der Waals surface area contributed by atoms with E-state index in [2.05, 4.69) is 0 Å². The molecule has 8 heteroatoms. The van der Waals surface area contributed by atoms with Gasteiger partial charge in [-0.2, -0.15) is 4.31 Å². The van der Waals surface area contributed by atoms with Gasteiger partial charge in [-0.15, -0.1) is 11.8 Å². The first-order valence-corrected chi connectivity index (χ1v) is 8.02. The van der Waals surface area contributed by atoms with Crippen LogP contribution in [-0.4, -0.2) is 48.6 Å². The van der Waals surface area contributed by atoms with E-state index >= 15 is 0 Å². The largest absolute Gasteiger partial charge is 0.497 e. The van der Waals surface area contributed by atoms with E-state index in [0.29, 0.717) is 5.75 Å². The molecule has 1 aromatic carbocycles. The highest BCUT2D eigenvalue weighted by Crippen LogP contribution is 2.29. The molecule has 1 saturated heterocycles. The highest BCUT2D eigenvalue weighted by molar-refractivity contribution is 8.00. The van der Waals surface area contributed by atoms with Crippen molar-refractivity contribution in [3.63, 3.8) is 0 Å². The lowest BCUT2D eigenvalue weighted by Crippen LogP contribution is -2.41. The van der Waals surface area contributed by atoms with Gasteiger partial charge in [0.25, 0.3) is 0 Å². The molecule has 0 aromatic heterocycles. The first kappa shape index (κ1) is 14.2. The molecule has 19 heavy (non-hydrogen) atoms. The van der Waals surface area contributed by atoms with Crippen molar-refractivity contribution in [2.75, 3.05) is 18.7 Å². The molecule has 1 aliphatic heterocycles. The lowest BCUT2D eigenvalue weighted by Gasteiger charge is -2.20. The van der Waals surface area contributed by atoms with E-state index in [1.807, 2.05) is 0 Å². The molecule has 1 atom stereocenters. The number of nitrogens with zero attached hydrogens (tertiary/aromatic N) is 1. The summed E-state index contributed by atoms with van der Waals surface area (Å²) in [6.07, 6.45) is 0. The second-order valence-electron chi connectivity index (χ2n) is 3.92. The summed E-state index contributed by atoms with van der Waals surface area (Å²) in [5.74, 6) is -0.151. The second-order valence-corrected chi connectivity index (χ2v) is 6.81. The SMILES string of the molecule is COc1ccc(S(=O)(=O)N2CSC[C@H]2C(=O)O)cc1. The van der Waals surface area contributed by atoms with Gasteiger partial charge < -0.3 is 9.84 Å². The topological polar surface area (TPSA) is 83.9 Å². The van der Waals surface area contributed by atoms with Crippen molar-refractivity contribution in [1.29, 1.82) is 0 Å². The normalized spacial score (nSPS) is 20.4. The number of hydrogen-bond acceptors (Lipinski definition) is 5. The molecule has 1 aliphatic rings. The highest BCUT2D eigenvalue weighted by Gasteiger charge is 2.39. The van der Waals surface area contributed by atoms with Gasteiger partial charge in [-0.05, 0) is 24.3 Å². The van der Waals surface area contributed by atoms with E-state index in [9.17, 15) is 13.2 Å². The van der Waals surface area contributed by atoms with Crippen LogP contribution in [0.15, 0.2) is 29.2 Å². The molecule has 2 rings (SSSR count). The number of carbonyl (C=O) groups is 1. The monoisotopic (exact) mass is 303 g/mol. The number of carboxylic acids is 1. The van der Waals surface area contributed by atoms with Crippen LogP contribution in [0.3, 0.4) is 0 Å². The van der Waals surface area contributed by atoms with Crippen LogP contribution in [0.2, 0.25) is 0 Å². The van der Waals surface area contributed by atoms with Gasteiger partial charge in [0, 0.05) is 5.75 Å². The van der Waals surface area contributed by atoms with Crippen LogP contribution >= 0.6 is 11.8 Å². The van der Waals surface area contributed by atoms with E-state index in [1.165, 1.54) is 43.1 Å². The smallest absolute Gasteiger partial charge is 0.322 e. The van der Waals surface area contributed by atoms with Crippen molar-refractivity contribution in [3.8, 4) is 5.75 Å². The number of thioether (sulfide) groups is 1. The van der Waals surface area contributed by atoms with Gasteiger partial charge in [-0.1, -0.05) is 0 Å². The summed E-state index contributed by atoms with van der Waals surface area (Å²) in [7, 11) is -2.29. The Bertz CT molecular complexity index is 569. The summed E-state index contributed by atoms with van der Waals surface area (Å²) >= 11 is 1.29. The minimum Gasteiger partial charge on any atom is -0.497 e. The molecule has 0 saturated carbocycles. The maximum absolute atomic E-state index is 12.4. The van der Waals surface area contributed by atoms with Crippen LogP contribution in [0, 0.1) is 0 Å². The Labute approximate surface area is 115 Å². The Morgan fingerprint density at radius 2 is 2.05 bits per heavy atom. The molecular weight excluding hydrogens is 290 g/mol. The molecule has 1 aromatic rings. The lowest BCUT2D eigenvalue weighted by atomic mass is 10.3. The van der Waals surface area contributed by atoms with Gasteiger partial charge in [0.2, 0.25) is 10.0 Å². The van der Waals surface area contributed by atoms with E-state index in [4.69, 9.17) is 9.84 Å². The van der Waals surface area contributed by atoms with Gasteiger partial charge in [0.1, 0.15) is 11.8 Å². The predicted octanol–water partition coefficient (Wildman–Crippen LogP) is 0.843. The Morgan fingerprint density at radius 3 is 2.58 bits per heavy atom. The summed E-state index contributed by atoms with van der Waals surface area (Å²) in [5, 5.41) is 9.04. The van der Waals surface area contributed by atoms with Crippen molar-refractivity contribution < 1.29 is 23.1 Å². The number of aliphatic carboxylic acids is 1. The van der Waals surface area contributed by atoms with Crippen LogP contribution in [0.4, 0.5) is 0 Å². The molecule has 0 amide bonds. The minimum absolute atomic E-state index is 0.0713. The molecule has 1 heterocycles. The molecule has 0 unspecified atom stereocenters. The van der Waals surface area contributed by atoms with Gasteiger partial charge in [-0.3, -0.25) is 4.79 Å². The fourth-order valence-electron chi connectivity index (χ4n) is 1.74. The summed E-state index contributed by atoms with van der Waals surface area (Å²) in [6.45, 7) is 0. The van der Waals surface area contributed by atoms with Crippen LogP contribution in [0.5, 0.6) is 5.75 Å². The first-order chi connectivity index (χ1) is 8.96. The molecule has 0 bridgehead atoms. The third-order valence-corrected chi connectivity index (χ3v) is 5.84. The molecule has 0 spiro atoms. The number of sulfonamides is 1. The predicted molar refractivity (Wildman–Crippen MR) is 70.8 cm³/mol. The van der Waals surface area contributed by atoms with E-state index < -0.39 is 22.0 Å². The number of benzene rings is 1. The zero-order valence-corrected chi connectivity index (χ0v) is 11.8. The molecular formula is C11H13NO5S2. The second kappa shape index (κ2) is 5.40. The molecule has 1 N–H and O–H groups in total. The van der Waals surface area contributed by atoms with Crippen molar-refractivity contribution >= 4 is 27.8 Å². The minimum atomic E-state index is -3.78. The van der Waals surface area contributed by atoms with E-state index in [0.717, 1.165) is 4.31 Å². The zero-order chi connectivity index (χ0) is 14.0. The van der Waals surface area contributed by atoms with Gasteiger partial charge >= 0.3 is 5.97 Å². The fourth-order valence-corrected chi connectivity index (χ4v) is 4.88. The lowest BCUT2D eigenvalue weighted by molar-refractivity contribution is -0.140. The van der Waals surface area contributed by atoms with Crippen LogP contribution in [0.25, 0.3) is 0 Å². The fraction of sp³-hybridized carbons (Fsp3) is 0.364. The van der Waals surface area contributed by atoms with Gasteiger partial charge in [0.05, 0.1) is 17.9 Å². The average molecular weight is 303 g/mol. The Kier molecular flexibility index (Phi) is 4.02. The molecule has 104 valence electrons. The Balaban J connectivity index is 2.33. The van der Waals surface area contributed by atoms with Crippen molar-refractivity contribution in [2.24, 2.45) is 0 Å². The van der Waals surface area contributed by atoms with Crippen LogP contribution in [-0.2, 0) is 14.8 Å². The molecule has 6 nitrogen and oxygen atoms in total. The Hall–Kier alpha value is -1.25.